The summed E-state index contributed by atoms with van der Waals surface area (Å²) in [7, 11) is 0. The molecule has 0 saturated heterocycles. The zero-order chi connectivity index (χ0) is 17.4. The summed E-state index contributed by atoms with van der Waals surface area (Å²) in [6.45, 7) is 4.08. The maximum absolute atomic E-state index is 13.0. The molecule has 4 rings (SSSR count). The van der Waals surface area contributed by atoms with Crippen LogP contribution in [0.5, 0.6) is 0 Å². The van der Waals surface area contributed by atoms with Gasteiger partial charge in [-0.05, 0) is 49.2 Å². The lowest BCUT2D eigenvalue weighted by molar-refractivity contribution is 0.0946. The molecule has 0 saturated carbocycles. The monoisotopic (exact) mass is 328 g/mol. The van der Waals surface area contributed by atoms with E-state index in [0.717, 1.165) is 33.3 Å². The summed E-state index contributed by atoms with van der Waals surface area (Å²) in [4.78, 5) is 21.8. The highest BCUT2D eigenvalue weighted by molar-refractivity contribution is 6.08. The van der Waals surface area contributed by atoms with Gasteiger partial charge in [-0.25, -0.2) is 9.67 Å². The number of nitrogens with zero attached hydrogens (tertiary/aromatic N) is 4. The van der Waals surface area contributed by atoms with Gasteiger partial charge in [-0.1, -0.05) is 12.1 Å². The van der Waals surface area contributed by atoms with E-state index >= 15 is 0 Å². The van der Waals surface area contributed by atoms with Crippen LogP contribution in [-0.2, 0) is 0 Å². The van der Waals surface area contributed by atoms with Crippen molar-refractivity contribution < 1.29 is 4.79 Å². The zero-order valence-corrected chi connectivity index (χ0v) is 14.0. The number of rotatable bonds is 2. The van der Waals surface area contributed by atoms with Crippen LogP contribution in [0.4, 0.5) is 0 Å². The Bertz CT molecular complexity index is 1070. The van der Waals surface area contributed by atoms with Crippen LogP contribution in [0.1, 0.15) is 21.5 Å². The summed E-state index contributed by atoms with van der Waals surface area (Å²) in [5.74, 6) is -0.170. The molecule has 0 amide bonds. The van der Waals surface area contributed by atoms with Crippen molar-refractivity contribution in [3.63, 3.8) is 0 Å². The highest BCUT2D eigenvalue weighted by Crippen LogP contribution is 2.28. The van der Waals surface area contributed by atoms with Gasteiger partial charge in [0.05, 0.1) is 16.8 Å². The molecule has 1 aromatic carbocycles. The lowest BCUT2D eigenvalue weighted by Crippen LogP contribution is -2.13. The van der Waals surface area contributed by atoms with E-state index in [9.17, 15) is 4.79 Å². The van der Waals surface area contributed by atoms with Crippen molar-refractivity contribution in [2.45, 2.75) is 13.8 Å². The third kappa shape index (κ3) is 2.59. The summed E-state index contributed by atoms with van der Waals surface area (Å²) in [6, 6.07) is 11.3. The number of carbonyl (C=O) groups is 1. The Hall–Kier alpha value is -3.34. The molecule has 0 radical (unpaired) electrons. The number of aromatic nitrogens is 4. The van der Waals surface area contributed by atoms with E-state index in [4.69, 9.17) is 4.98 Å². The highest BCUT2D eigenvalue weighted by atomic mass is 16.2. The number of benzene rings is 1. The minimum Gasteiger partial charge on any atom is -0.267 e. The number of carbonyl (C=O) groups excluding carboxylic acids is 1. The van der Waals surface area contributed by atoms with Gasteiger partial charge in [0.1, 0.15) is 0 Å². The molecule has 0 aliphatic rings. The predicted octanol–water partition coefficient (Wildman–Crippen LogP) is 3.80. The maximum atomic E-state index is 13.0. The minimum atomic E-state index is -0.170. The third-order valence-electron chi connectivity index (χ3n) is 4.42. The van der Waals surface area contributed by atoms with Crippen LogP contribution in [0.3, 0.4) is 0 Å². The standard InChI is InChI=1S/C20H16N4O/c1-13-4-5-16-17(20(25)24-11-3-8-22-24)12-18(23-19(16)14(13)2)15-6-9-21-10-7-15/h3-12H,1-2H3. The Morgan fingerprint density at radius 2 is 1.84 bits per heavy atom. The first-order valence-corrected chi connectivity index (χ1v) is 8.01. The molecule has 3 heterocycles. The van der Waals surface area contributed by atoms with Crippen LogP contribution in [0, 0.1) is 13.8 Å². The number of hydrogen-bond acceptors (Lipinski definition) is 4. The van der Waals surface area contributed by atoms with Crippen molar-refractivity contribution in [1.82, 2.24) is 19.7 Å². The topological polar surface area (TPSA) is 60.7 Å². The van der Waals surface area contributed by atoms with E-state index in [1.165, 1.54) is 4.68 Å². The average Bonchev–Trinajstić information content (AvgIpc) is 3.19. The Labute approximate surface area is 145 Å². The van der Waals surface area contributed by atoms with Crippen LogP contribution < -0.4 is 0 Å². The van der Waals surface area contributed by atoms with Crippen LogP contribution in [0.2, 0.25) is 0 Å². The molecule has 5 heteroatoms. The number of aryl methyl sites for hydroxylation is 2. The molecule has 0 fully saturated rings. The van der Waals surface area contributed by atoms with Gasteiger partial charge in [-0.2, -0.15) is 5.10 Å². The smallest absolute Gasteiger partial charge is 0.267 e. The molecule has 122 valence electrons. The summed E-state index contributed by atoms with van der Waals surface area (Å²) in [5.41, 5.74) is 5.31. The molecule has 3 aromatic heterocycles. The number of pyridine rings is 2. The molecule has 0 atom stereocenters. The molecule has 0 aliphatic heterocycles. The van der Waals surface area contributed by atoms with E-state index < -0.39 is 0 Å². The Morgan fingerprint density at radius 3 is 2.56 bits per heavy atom. The summed E-state index contributed by atoms with van der Waals surface area (Å²) in [6.07, 6.45) is 6.70. The van der Waals surface area contributed by atoms with Crippen molar-refractivity contribution in [3.8, 4) is 11.3 Å². The van der Waals surface area contributed by atoms with Gasteiger partial charge in [-0.3, -0.25) is 9.78 Å². The second-order valence-corrected chi connectivity index (χ2v) is 5.95. The molecular weight excluding hydrogens is 312 g/mol. The van der Waals surface area contributed by atoms with Crippen molar-refractivity contribution in [2.24, 2.45) is 0 Å². The quantitative estimate of drug-likeness (QED) is 0.561. The van der Waals surface area contributed by atoms with Crippen LogP contribution in [0.25, 0.3) is 22.2 Å². The van der Waals surface area contributed by atoms with Crippen LogP contribution >= 0.6 is 0 Å². The summed E-state index contributed by atoms with van der Waals surface area (Å²) in [5, 5.41) is 4.91. The van der Waals surface area contributed by atoms with E-state index in [-0.39, 0.29) is 5.91 Å². The lowest BCUT2D eigenvalue weighted by Gasteiger charge is -2.12. The predicted molar refractivity (Wildman–Crippen MR) is 96.4 cm³/mol. The van der Waals surface area contributed by atoms with Gasteiger partial charge in [0.2, 0.25) is 0 Å². The second-order valence-electron chi connectivity index (χ2n) is 5.95. The van der Waals surface area contributed by atoms with E-state index in [0.29, 0.717) is 5.56 Å². The number of hydrogen-bond donors (Lipinski definition) is 0. The Morgan fingerprint density at radius 1 is 1.04 bits per heavy atom. The van der Waals surface area contributed by atoms with Crippen molar-refractivity contribution in [3.05, 3.63) is 77.9 Å². The van der Waals surface area contributed by atoms with Gasteiger partial charge in [-0.15, -0.1) is 0 Å². The Balaban J connectivity index is 2.03. The Kier molecular flexibility index (Phi) is 3.61. The SMILES string of the molecule is Cc1ccc2c(C(=O)n3cccn3)cc(-c3ccncc3)nc2c1C. The molecule has 0 spiro atoms. The zero-order valence-electron chi connectivity index (χ0n) is 14.0. The normalized spacial score (nSPS) is 11.0. The fourth-order valence-corrected chi connectivity index (χ4v) is 2.89. The molecule has 0 aliphatic carbocycles. The van der Waals surface area contributed by atoms with E-state index in [1.54, 1.807) is 30.9 Å². The maximum Gasteiger partial charge on any atom is 0.278 e. The molecule has 0 N–H and O–H groups in total. The first kappa shape index (κ1) is 15.2. The van der Waals surface area contributed by atoms with Crippen LogP contribution in [0.15, 0.2) is 61.2 Å². The van der Waals surface area contributed by atoms with Gasteiger partial charge in [0.25, 0.3) is 5.91 Å². The first-order chi connectivity index (χ1) is 12.1. The van der Waals surface area contributed by atoms with E-state index in [2.05, 4.69) is 10.1 Å². The average molecular weight is 328 g/mol. The van der Waals surface area contributed by atoms with Crippen molar-refractivity contribution in [2.75, 3.05) is 0 Å². The second kappa shape index (κ2) is 5.94. The minimum absolute atomic E-state index is 0.170. The van der Waals surface area contributed by atoms with Gasteiger partial charge < -0.3 is 0 Å². The van der Waals surface area contributed by atoms with Crippen molar-refractivity contribution in [1.29, 1.82) is 0 Å². The lowest BCUT2D eigenvalue weighted by atomic mass is 9.99. The van der Waals surface area contributed by atoms with Crippen LogP contribution in [-0.4, -0.2) is 25.7 Å². The molecule has 25 heavy (non-hydrogen) atoms. The van der Waals surface area contributed by atoms with Crippen molar-refractivity contribution >= 4 is 16.8 Å². The summed E-state index contributed by atoms with van der Waals surface area (Å²) < 4.78 is 1.35. The fraction of sp³-hybridized carbons (Fsp3) is 0.100. The molecular formula is C20H16N4O. The molecule has 4 aromatic rings. The molecule has 0 unspecified atom stereocenters. The largest absolute Gasteiger partial charge is 0.278 e. The first-order valence-electron chi connectivity index (χ1n) is 8.01. The van der Waals surface area contributed by atoms with E-state index in [1.807, 2.05) is 44.2 Å². The fourth-order valence-electron chi connectivity index (χ4n) is 2.89. The third-order valence-corrected chi connectivity index (χ3v) is 4.42. The number of fused-ring (bicyclic) bond motifs is 1. The summed E-state index contributed by atoms with van der Waals surface area (Å²) >= 11 is 0. The highest BCUT2D eigenvalue weighted by Gasteiger charge is 2.17. The van der Waals surface area contributed by atoms with Gasteiger partial charge in [0.15, 0.2) is 0 Å². The van der Waals surface area contributed by atoms with Gasteiger partial charge >= 0.3 is 0 Å². The molecule has 5 nitrogen and oxygen atoms in total. The molecule has 0 bridgehead atoms. The van der Waals surface area contributed by atoms with Gasteiger partial charge in [0, 0.05) is 35.7 Å².